The largest absolute Gasteiger partial charge is 0.364 e. The minimum atomic E-state index is -3.73. The van der Waals surface area contributed by atoms with E-state index in [4.69, 9.17) is 5.73 Å². The molecule has 1 aromatic carbocycles. The first kappa shape index (κ1) is 20.6. The Bertz CT molecular complexity index is 944. The highest BCUT2D eigenvalue weighted by atomic mass is 32.2. The SMILES string of the molecule is CC1CCN(Cc2cccc(CNS(=O)(=O)c3cc(C(N)=O)n(C)c3)c2)CC1. The Balaban J connectivity index is 1.64. The predicted octanol–water partition coefficient (Wildman–Crippen LogP) is 1.83. The average Bonchev–Trinajstić information content (AvgIpc) is 3.05. The van der Waals surface area contributed by atoms with Crippen molar-refractivity contribution in [1.29, 1.82) is 0 Å². The van der Waals surface area contributed by atoms with E-state index in [2.05, 4.69) is 22.6 Å². The van der Waals surface area contributed by atoms with Crippen LogP contribution in [0.2, 0.25) is 0 Å². The van der Waals surface area contributed by atoms with Gasteiger partial charge in [-0.05, 0) is 49.0 Å². The number of benzene rings is 1. The van der Waals surface area contributed by atoms with Crippen LogP contribution in [0, 0.1) is 5.92 Å². The van der Waals surface area contributed by atoms with E-state index in [1.807, 2.05) is 18.2 Å². The molecule has 1 aliphatic heterocycles. The number of hydrogen-bond acceptors (Lipinski definition) is 4. The minimum absolute atomic E-state index is 0.0300. The predicted molar refractivity (Wildman–Crippen MR) is 108 cm³/mol. The Morgan fingerprint density at radius 2 is 1.89 bits per heavy atom. The number of aryl methyl sites for hydroxylation is 1. The van der Waals surface area contributed by atoms with Gasteiger partial charge >= 0.3 is 0 Å². The van der Waals surface area contributed by atoms with Gasteiger partial charge in [-0.3, -0.25) is 9.69 Å². The summed E-state index contributed by atoms with van der Waals surface area (Å²) in [6, 6.07) is 9.27. The van der Waals surface area contributed by atoms with Gasteiger partial charge in [-0.25, -0.2) is 13.1 Å². The summed E-state index contributed by atoms with van der Waals surface area (Å²) in [6.45, 7) is 5.58. The van der Waals surface area contributed by atoms with Crippen LogP contribution >= 0.6 is 0 Å². The van der Waals surface area contributed by atoms with Crippen LogP contribution in [0.1, 0.15) is 41.4 Å². The van der Waals surface area contributed by atoms with Gasteiger partial charge in [-0.1, -0.05) is 31.2 Å². The van der Waals surface area contributed by atoms with Crippen LogP contribution in [-0.2, 0) is 30.2 Å². The number of hydrogen-bond donors (Lipinski definition) is 2. The van der Waals surface area contributed by atoms with Crippen molar-refractivity contribution < 1.29 is 13.2 Å². The maximum atomic E-state index is 12.5. The molecule has 0 bridgehead atoms. The molecular weight excluding hydrogens is 376 g/mol. The van der Waals surface area contributed by atoms with Gasteiger partial charge in [0.15, 0.2) is 0 Å². The zero-order valence-electron chi connectivity index (χ0n) is 16.4. The first-order valence-corrected chi connectivity index (χ1v) is 11.0. The number of sulfonamides is 1. The molecule has 0 unspecified atom stereocenters. The average molecular weight is 405 g/mol. The van der Waals surface area contributed by atoms with Crippen LogP contribution < -0.4 is 10.5 Å². The maximum Gasteiger partial charge on any atom is 0.265 e. The molecule has 2 aromatic rings. The summed E-state index contributed by atoms with van der Waals surface area (Å²) in [5.74, 6) is 0.133. The first-order chi connectivity index (χ1) is 13.2. The molecule has 8 heteroatoms. The van der Waals surface area contributed by atoms with E-state index < -0.39 is 15.9 Å². The monoisotopic (exact) mass is 404 g/mol. The second-order valence-electron chi connectivity index (χ2n) is 7.64. The Kier molecular flexibility index (Phi) is 6.22. The fraction of sp³-hybridized carbons (Fsp3) is 0.450. The van der Waals surface area contributed by atoms with Gasteiger partial charge in [0.25, 0.3) is 5.91 Å². The Morgan fingerprint density at radius 3 is 2.54 bits per heavy atom. The van der Waals surface area contributed by atoms with Gasteiger partial charge in [0, 0.05) is 26.3 Å². The summed E-state index contributed by atoms with van der Waals surface area (Å²) in [5, 5.41) is 0. The summed E-state index contributed by atoms with van der Waals surface area (Å²) < 4.78 is 29.1. The van der Waals surface area contributed by atoms with E-state index in [1.165, 1.54) is 35.2 Å². The van der Waals surface area contributed by atoms with Crippen LogP contribution in [0.25, 0.3) is 0 Å². The van der Waals surface area contributed by atoms with Crippen molar-refractivity contribution in [2.24, 2.45) is 18.7 Å². The molecule has 3 rings (SSSR count). The zero-order valence-corrected chi connectivity index (χ0v) is 17.2. The fourth-order valence-corrected chi connectivity index (χ4v) is 4.59. The third-order valence-corrected chi connectivity index (χ3v) is 6.65. The molecule has 0 radical (unpaired) electrons. The highest BCUT2D eigenvalue weighted by Crippen LogP contribution is 2.19. The van der Waals surface area contributed by atoms with E-state index >= 15 is 0 Å². The molecule has 1 aliphatic rings. The number of carbonyl (C=O) groups excluding carboxylic acids is 1. The number of nitrogens with two attached hydrogens (primary N) is 1. The van der Waals surface area contributed by atoms with Crippen LogP contribution in [0.5, 0.6) is 0 Å². The summed E-state index contributed by atoms with van der Waals surface area (Å²) >= 11 is 0. The van der Waals surface area contributed by atoms with Crippen molar-refractivity contribution in [3.8, 4) is 0 Å². The number of likely N-dealkylation sites (tertiary alicyclic amines) is 1. The van der Waals surface area contributed by atoms with Crippen molar-refractivity contribution >= 4 is 15.9 Å². The zero-order chi connectivity index (χ0) is 20.3. The van der Waals surface area contributed by atoms with Gasteiger partial charge in [-0.2, -0.15) is 0 Å². The van der Waals surface area contributed by atoms with Gasteiger partial charge in [-0.15, -0.1) is 0 Å². The van der Waals surface area contributed by atoms with E-state index in [0.717, 1.165) is 31.1 Å². The summed E-state index contributed by atoms with van der Waals surface area (Å²) in [5.41, 5.74) is 7.49. The molecule has 0 saturated carbocycles. The van der Waals surface area contributed by atoms with Crippen molar-refractivity contribution in [2.75, 3.05) is 13.1 Å². The summed E-state index contributed by atoms with van der Waals surface area (Å²) in [4.78, 5) is 13.8. The van der Waals surface area contributed by atoms with Crippen molar-refractivity contribution in [3.05, 3.63) is 53.3 Å². The number of primary amides is 1. The lowest BCUT2D eigenvalue weighted by molar-refractivity contribution is 0.0992. The lowest BCUT2D eigenvalue weighted by atomic mass is 9.98. The van der Waals surface area contributed by atoms with Crippen LogP contribution in [0.4, 0.5) is 0 Å². The van der Waals surface area contributed by atoms with Gasteiger partial charge < -0.3 is 10.3 Å². The maximum absolute atomic E-state index is 12.5. The number of piperidine rings is 1. The molecular formula is C20H28N4O3S. The lowest BCUT2D eigenvalue weighted by Crippen LogP contribution is -2.32. The Morgan fingerprint density at radius 1 is 1.21 bits per heavy atom. The number of nitrogens with one attached hydrogen (secondary N) is 1. The lowest BCUT2D eigenvalue weighted by Gasteiger charge is -2.30. The number of rotatable bonds is 7. The van der Waals surface area contributed by atoms with Gasteiger partial charge in [0.1, 0.15) is 10.6 Å². The molecule has 0 spiro atoms. The van der Waals surface area contributed by atoms with E-state index in [9.17, 15) is 13.2 Å². The quantitative estimate of drug-likeness (QED) is 0.736. The van der Waals surface area contributed by atoms with E-state index in [-0.39, 0.29) is 17.1 Å². The molecule has 1 saturated heterocycles. The standard InChI is InChI=1S/C20H28N4O3S/c1-15-6-8-24(9-7-15)13-17-5-3-4-16(10-17)12-22-28(26,27)18-11-19(20(21)25)23(2)14-18/h3-5,10-11,14-15,22H,6-9,12-13H2,1-2H3,(H2,21,25). The number of amides is 1. The third kappa shape index (κ3) is 5.01. The summed E-state index contributed by atoms with van der Waals surface area (Å²) in [6.07, 6.45) is 3.84. The topological polar surface area (TPSA) is 97.4 Å². The van der Waals surface area contributed by atoms with Gasteiger partial charge in [0.2, 0.25) is 10.0 Å². The molecule has 0 atom stereocenters. The highest BCUT2D eigenvalue weighted by molar-refractivity contribution is 7.89. The first-order valence-electron chi connectivity index (χ1n) is 9.50. The van der Waals surface area contributed by atoms with Crippen LogP contribution in [0.15, 0.2) is 41.4 Å². The Hall–Kier alpha value is -2.16. The van der Waals surface area contributed by atoms with Crippen LogP contribution in [-0.4, -0.2) is 36.9 Å². The third-order valence-electron chi connectivity index (χ3n) is 5.28. The molecule has 1 fully saturated rings. The van der Waals surface area contributed by atoms with E-state index in [0.29, 0.717) is 0 Å². The van der Waals surface area contributed by atoms with Gasteiger partial charge in [0.05, 0.1) is 0 Å². The second kappa shape index (κ2) is 8.46. The molecule has 152 valence electrons. The molecule has 3 N–H and O–H groups in total. The minimum Gasteiger partial charge on any atom is -0.364 e. The Labute approximate surface area is 166 Å². The number of nitrogens with zero attached hydrogens (tertiary/aromatic N) is 2. The molecule has 7 nitrogen and oxygen atoms in total. The van der Waals surface area contributed by atoms with E-state index in [1.54, 1.807) is 7.05 Å². The normalized spacial score (nSPS) is 16.4. The molecule has 1 amide bonds. The van der Waals surface area contributed by atoms with Crippen LogP contribution in [0.3, 0.4) is 0 Å². The number of carbonyl (C=O) groups is 1. The highest BCUT2D eigenvalue weighted by Gasteiger charge is 2.19. The smallest absolute Gasteiger partial charge is 0.265 e. The molecule has 28 heavy (non-hydrogen) atoms. The summed E-state index contributed by atoms with van der Waals surface area (Å²) in [7, 11) is -2.14. The van der Waals surface area contributed by atoms with Crippen molar-refractivity contribution in [3.63, 3.8) is 0 Å². The molecule has 0 aliphatic carbocycles. The molecule has 2 heterocycles. The van der Waals surface area contributed by atoms with Crippen molar-refractivity contribution in [1.82, 2.24) is 14.2 Å². The fourth-order valence-electron chi connectivity index (χ4n) is 3.50. The number of aromatic nitrogens is 1. The van der Waals surface area contributed by atoms with Crippen molar-refractivity contribution in [2.45, 2.75) is 37.8 Å². The second-order valence-corrected chi connectivity index (χ2v) is 9.41. The molecule has 1 aromatic heterocycles.